The minimum absolute atomic E-state index is 0.0171. The first kappa shape index (κ1) is 21.2. The summed E-state index contributed by atoms with van der Waals surface area (Å²) in [6, 6.07) is 17.1. The summed E-state index contributed by atoms with van der Waals surface area (Å²) in [6.07, 6.45) is 3.31. The summed E-state index contributed by atoms with van der Waals surface area (Å²) in [5.41, 5.74) is 2.17. The molecule has 2 heterocycles. The van der Waals surface area contributed by atoms with Gasteiger partial charge in [-0.05, 0) is 67.8 Å². The lowest BCUT2D eigenvalue weighted by atomic mass is 9.73. The van der Waals surface area contributed by atoms with Crippen LogP contribution in [-0.2, 0) is 0 Å². The third kappa shape index (κ3) is 4.35. The van der Waals surface area contributed by atoms with Gasteiger partial charge in [-0.2, -0.15) is 0 Å². The van der Waals surface area contributed by atoms with E-state index in [1.807, 2.05) is 29.2 Å². The van der Waals surface area contributed by atoms with E-state index in [4.69, 9.17) is 4.74 Å². The first-order valence-corrected chi connectivity index (χ1v) is 11.6. The van der Waals surface area contributed by atoms with Gasteiger partial charge in [0.15, 0.2) is 0 Å². The van der Waals surface area contributed by atoms with E-state index in [1.165, 1.54) is 5.56 Å². The molecule has 2 amide bonds. The van der Waals surface area contributed by atoms with Gasteiger partial charge in [-0.15, -0.1) is 0 Å². The van der Waals surface area contributed by atoms with Crippen LogP contribution in [0.4, 0.5) is 10.5 Å². The van der Waals surface area contributed by atoms with Crippen molar-refractivity contribution in [2.24, 2.45) is 0 Å². The minimum Gasteiger partial charge on any atom is -0.497 e. The van der Waals surface area contributed by atoms with Crippen molar-refractivity contribution in [1.82, 2.24) is 9.80 Å². The summed E-state index contributed by atoms with van der Waals surface area (Å²) in [5, 5.41) is 3.06. The molecule has 0 unspecified atom stereocenters. The number of carbonyl (C=O) groups is 1. The zero-order valence-corrected chi connectivity index (χ0v) is 19.3. The normalized spacial score (nSPS) is 24.2. The summed E-state index contributed by atoms with van der Waals surface area (Å²) < 4.78 is 6.31. The van der Waals surface area contributed by atoms with Crippen molar-refractivity contribution in [2.45, 2.75) is 44.2 Å². The van der Waals surface area contributed by atoms with Crippen LogP contribution in [0.25, 0.3) is 0 Å². The third-order valence-electron chi connectivity index (χ3n) is 6.48. The van der Waals surface area contributed by atoms with Gasteiger partial charge in [0.1, 0.15) is 5.75 Å². The Hall–Kier alpha value is -2.05. The Labute approximate surface area is 187 Å². The number of rotatable bonds is 4. The molecule has 0 spiro atoms. The predicted octanol–water partition coefficient (Wildman–Crippen LogP) is 5.33. The maximum Gasteiger partial charge on any atom is 0.321 e. The van der Waals surface area contributed by atoms with E-state index in [9.17, 15) is 4.79 Å². The van der Waals surface area contributed by atoms with E-state index in [0.29, 0.717) is 18.0 Å². The van der Waals surface area contributed by atoms with Crippen molar-refractivity contribution in [3.63, 3.8) is 0 Å². The zero-order valence-electron chi connectivity index (χ0n) is 17.7. The van der Waals surface area contributed by atoms with Gasteiger partial charge in [-0.1, -0.05) is 35.0 Å². The highest BCUT2D eigenvalue weighted by atomic mass is 79.9. The standard InChI is InChI=1S/C24H30BrN3O2/c1-3-21-23(17-6-8-18(25)9-7-17)22-16-27(14-4-5-15-28(21)22)24(29)26-19-10-12-20(30-2)13-11-19/h6-13,21-23H,3-5,14-16H2,1-2H3,(H,26,29)/t21-,22+,23+/m1/s1. The van der Waals surface area contributed by atoms with E-state index >= 15 is 0 Å². The predicted molar refractivity (Wildman–Crippen MR) is 124 cm³/mol. The molecule has 1 N–H and O–H groups in total. The topological polar surface area (TPSA) is 44.8 Å². The Morgan fingerprint density at radius 3 is 2.47 bits per heavy atom. The number of nitrogens with zero attached hydrogens (tertiary/aromatic N) is 2. The first-order chi connectivity index (χ1) is 14.6. The third-order valence-corrected chi connectivity index (χ3v) is 7.01. The van der Waals surface area contributed by atoms with Crippen molar-refractivity contribution in [1.29, 1.82) is 0 Å². The van der Waals surface area contributed by atoms with E-state index in [-0.39, 0.29) is 6.03 Å². The summed E-state index contributed by atoms with van der Waals surface area (Å²) >= 11 is 3.55. The lowest BCUT2D eigenvalue weighted by Gasteiger charge is -2.57. The van der Waals surface area contributed by atoms with Crippen LogP contribution in [0.1, 0.15) is 37.7 Å². The van der Waals surface area contributed by atoms with Gasteiger partial charge in [-0.25, -0.2) is 4.79 Å². The summed E-state index contributed by atoms with van der Waals surface area (Å²) in [5.74, 6) is 1.25. The first-order valence-electron chi connectivity index (χ1n) is 10.8. The smallest absolute Gasteiger partial charge is 0.321 e. The number of ether oxygens (including phenoxy) is 1. The number of urea groups is 1. The zero-order chi connectivity index (χ0) is 21.1. The van der Waals surface area contributed by atoms with Crippen LogP contribution in [0.5, 0.6) is 5.75 Å². The Kier molecular flexibility index (Phi) is 6.64. The van der Waals surface area contributed by atoms with Crippen molar-refractivity contribution >= 4 is 27.6 Å². The van der Waals surface area contributed by atoms with Gasteiger partial charge >= 0.3 is 6.03 Å². The van der Waals surface area contributed by atoms with Gasteiger partial charge in [0.2, 0.25) is 0 Å². The highest BCUT2D eigenvalue weighted by molar-refractivity contribution is 9.10. The van der Waals surface area contributed by atoms with Crippen molar-refractivity contribution in [3.05, 3.63) is 58.6 Å². The number of halogens is 1. The van der Waals surface area contributed by atoms with Crippen LogP contribution in [0.2, 0.25) is 0 Å². The van der Waals surface area contributed by atoms with Gasteiger partial charge in [0.05, 0.1) is 7.11 Å². The van der Waals surface area contributed by atoms with Crippen LogP contribution >= 0.6 is 15.9 Å². The average molecular weight is 472 g/mol. The number of benzene rings is 2. The number of fused-ring (bicyclic) bond motifs is 1. The lowest BCUT2D eigenvalue weighted by molar-refractivity contribution is -0.0368. The molecule has 160 valence electrons. The number of amides is 2. The fraction of sp³-hybridized carbons (Fsp3) is 0.458. The molecule has 2 aromatic rings. The molecular formula is C24H30BrN3O2. The average Bonchev–Trinajstić information content (AvgIpc) is 2.74. The molecule has 2 aromatic carbocycles. The molecule has 2 aliphatic heterocycles. The summed E-state index contributed by atoms with van der Waals surface area (Å²) in [6.45, 7) is 4.97. The highest BCUT2D eigenvalue weighted by Gasteiger charge is 2.48. The number of hydrogen-bond acceptors (Lipinski definition) is 3. The molecule has 2 saturated heterocycles. The number of anilines is 1. The monoisotopic (exact) mass is 471 g/mol. The molecule has 30 heavy (non-hydrogen) atoms. The van der Waals surface area contributed by atoms with E-state index in [2.05, 4.69) is 57.3 Å². The second-order valence-corrected chi connectivity index (χ2v) is 9.09. The molecule has 5 nitrogen and oxygen atoms in total. The largest absolute Gasteiger partial charge is 0.497 e. The Bertz CT molecular complexity index is 856. The maximum absolute atomic E-state index is 13.1. The van der Waals surface area contributed by atoms with Crippen LogP contribution in [-0.4, -0.2) is 54.7 Å². The second kappa shape index (κ2) is 9.40. The van der Waals surface area contributed by atoms with Crippen molar-refractivity contribution < 1.29 is 9.53 Å². The van der Waals surface area contributed by atoms with Crippen LogP contribution in [0.3, 0.4) is 0 Å². The van der Waals surface area contributed by atoms with Crippen molar-refractivity contribution in [2.75, 3.05) is 32.1 Å². The lowest BCUT2D eigenvalue weighted by Crippen LogP contribution is -2.66. The van der Waals surface area contributed by atoms with Crippen molar-refractivity contribution in [3.8, 4) is 5.75 Å². The number of nitrogens with one attached hydrogen (secondary N) is 1. The summed E-state index contributed by atoms with van der Waals surface area (Å²) in [4.78, 5) is 17.7. The molecule has 3 atom stereocenters. The highest BCUT2D eigenvalue weighted by Crippen LogP contribution is 2.43. The van der Waals surface area contributed by atoms with Gasteiger partial charge in [0.25, 0.3) is 0 Å². The quantitative estimate of drug-likeness (QED) is 0.654. The van der Waals surface area contributed by atoms with Crippen LogP contribution < -0.4 is 10.1 Å². The second-order valence-electron chi connectivity index (χ2n) is 8.17. The number of carbonyl (C=O) groups excluding carboxylic acids is 1. The molecule has 0 aromatic heterocycles. The van der Waals surface area contributed by atoms with Gasteiger partial charge < -0.3 is 15.0 Å². The van der Waals surface area contributed by atoms with E-state index in [0.717, 1.165) is 54.8 Å². The fourth-order valence-corrected chi connectivity index (χ4v) is 5.22. The maximum atomic E-state index is 13.1. The Morgan fingerprint density at radius 1 is 1.10 bits per heavy atom. The summed E-state index contributed by atoms with van der Waals surface area (Å²) in [7, 11) is 1.64. The molecule has 2 aliphatic rings. The van der Waals surface area contributed by atoms with E-state index in [1.54, 1.807) is 7.11 Å². The van der Waals surface area contributed by atoms with Gasteiger partial charge in [0, 0.05) is 41.3 Å². The van der Waals surface area contributed by atoms with Gasteiger partial charge in [-0.3, -0.25) is 4.90 Å². The number of methoxy groups -OCH3 is 1. The molecule has 6 heteroatoms. The molecule has 2 fully saturated rings. The molecule has 4 rings (SSSR count). The van der Waals surface area contributed by atoms with Crippen LogP contribution in [0, 0.1) is 0 Å². The fourth-order valence-electron chi connectivity index (χ4n) is 4.96. The van der Waals surface area contributed by atoms with E-state index < -0.39 is 0 Å². The minimum atomic E-state index is -0.0171. The molecule has 0 bridgehead atoms. The Balaban J connectivity index is 1.49. The molecule has 0 saturated carbocycles. The molecule has 0 aliphatic carbocycles. The molecule has 0 radical (unpaired) electrons. The molecular weight excluding hydrogens is 442 g/mol. The number of hydrogen-bond donors (Lipinski definition) is 1. The SMILES string of the molecule is CC[C@@H]1[C@H](c2ccc(Br)cc2)[C@@H]2CN(C(=O)Nc3ccc(OC)cc3)CCCCN12. The van der Waals surface area contributed by atoms with Crippen LogP contribution in [0.15, 0.2) is 53.0 Å². The Morgan fingerprint density at radius 2 is 1.80 bits per heavy atom.